The molecule has 21 heavy (non-hydrogen) atoms. The van der Waals surface area contributed by atoms with Gasteiger partial charge in [0.25, 0.3) is 0 Å². The van der Waals surface area contributed by atoms with Crippen molar-refractivity contribution in [2.45, 2.75) is 19.1 Å². The highest BCUT2D eigenvalue weighted by atomic mass is 16.5. The normalized spacial score (nSPS) is 13.7. The molecule has 0 amide bonds. The van der Waals surface area contributed by atoms with E-state index in [9.17, 15) is 0 Å². The predicted octanol–water partition coefficient (Wildman–Crippen LogP) is 3.73. The summed E-state index contributed by atoms with van der Waals surface area (Å²) in [6.45, 7) is 2.69. The first kappa shape index (κ1) is 15.5. The summed E-state index contributed by atoms with van der Waals surface area (Å²) >= 11 is 0. The van der Waals surface area contributed by atoms with E-state index in [1.54, 1.807) is 7.11 Å². The highest BCUT2D eigenvalue weighted by Gasteiger charge is 2.24. The van der Waals surface area contributed by atoms with Gasteiger partial charge in [0.05, 0.1) is 13.2 Å². The van der Waals surface area contributed by atoms with Crippen LogP contribution in [-0.2, 0) is 4.74 Å². The SMILES string of the molecule is CCOC(c1ccccc1)C(NC)c1cccc(OC)c1. The lowest BCUT2D eigenvalue weighted by molar-refractivity contribution is 0.0347. The zero-order valence-electron chi connectivity index (χ0n) is 12.9. The molecule has 0 aliphatic heterocycles. The first-order chi connectivity index (χ1) is 10.3. The van der Waals surface area contributed by atoms with E-state index in [0.29, 0.717) is 6.61 Å². The van der Waals surface area contributed by atoms with Crippen LogP contribution in [0.25, 0.3) is 0 Å². The Morgan fingerprint density at radius 3 is 2.33 bits per heavy atom. The summed E-state index contributed by atoms with van der Waals surface area (Å²) in [5.41, 5.74) is 2.32. The minimum Gasteiger partial charge on any atom is -0.497 e. The average Bonchev–Trinajstić information content (AvgIpc) is 2.56. The van der Waals surface area contributed by atoms with Crippen LogP contribution in [0.15, 0.2) is 54.6 Å². The standard InChI is InChI=1S/C18H23NO2/c1-4-21-18(14-9-6-5-7-10-14)17(19-2)15-11-8-12-16(13-15)20-3/h5-13,17-19H,4H2,1-3H3. The molecule has 0 bridgehead atoms. The quantitative estimate of drug-likeness (QED) is 0.840. The molecular weight excluding hydrogens is 262 g/mol. The molecule has 0 heterocycles. The van der Waals surface area contributed by atoms with Gasteiger partial charge in [-0.25, -0.2) is 0 Å². The summed E-state index contributed by atoms with van der Waals surface area (Å²) in [4.78, 5) is 0. The Hall–Kier alpha value is -1.84. The average molecular weight is 285 g/mol. The van der Waals surface area contributed by atoms with Gasteiger partial charge in [0.15, 0.2) is 0 Å². The summed E-state index contributed by atoms with van der Waals surface area (Å²) in [6, 6.07) is 18.5. The van der Waals surface area contributed by atoms with E-state index in [-0.39, 0.29) is 12.1 Å². The van der Waals surface area contributed by atoms with E-state index < -0.39 is 0 Å². The van der Waals surface area contributed by atoms with E-state index in [2.05, 4.69) is 29.6 Å². The lowest BCUT2D eigenvalue weighted by atomic mass is 9.95. The fraction of sp³-hybridized carbons (Fsp3) is 0.333. The first-order valence-electron chi connectivity index (χ1n) is 7.28. The monoisotopic (exact) mass is 285 g/mol. The van der Waals surface area contributed by atoms with Crippen LogP contribution in [0.5, 0.6) is 5.75 Å². The maximum absolute atomic E-state index is 6.01. The number of ether oxygens (including phenoxy) is 2. The van der Waals surface area contributed by atoms with Gasteiger partial charge in [0.1, 0.15) is 11.9 Å². The third kappa shape index (κ3) is 3.84. The molecule has 0 radical (unpaired) electrons. The lowest BCUT2D eigenvalue weighted by Gasteiger charge is -2.28. The largest absolute Gasteiger partial charge is 0.497 e. The molecule has 0 aliphatic carbocycles. The molecule has 0 aliphatic rings. The Bertz CT molecular complexity index is 542. The maximum atomic E-state index is 6.01. The van der Waals surface area contributed by atoms with Crippen LogP contribution < -0.4 is 10.1 Å². The Kier molecular flexibility index (Phi) is 5.78. The van der Waals surface area contributed by atoms with Crippen molar-refractivity contribution in [3.8, 4) is 5.75 Å². The zero-order chi connectivity index (χ0) is 15.1. The fourth-order valence-corrected chi connectivity index (χ4v) is 2.53. The van der Waals surface area contributed by atoms with Crippen LogP contribution in [0, 0.1) is 0 Å². The summed E-state index contributed by atoms with van der Waals surface area (Å²) in [7, 11) is 3.64. The molecule has 3 heteroatoms. The molecule has 0 spiro atoms. The van der Waals surface area contributed by atoms with Gasteiger partial charge in [-0.15, -0.1) is 0 Å². The Morgan fingerprint density at radius 1 is 1.00 bits per heavy atom. The van der Waals surface area contributed by atoms with Crippen LogP contribution in [0.3, 0.4) is 0 Å². The van der Waals surface area contributed by atoms with E-state index in [4.69, 9.17) is 9.47 Å². The maximum Gasteiger partial charge on any atom is 0.119 e. The van der Waals surface area contributed by atoms with E-state index in [1.165, 1.54) is 5.56 Å². The third-order valence-electron chi connectivity index (χ3n) is 3.54. The topological polar surface area (TPSA) is 30.5 Å². The van der Waals surface area contributed by atoms with Crippen molar-refractivity contribution >= 4 is 0 Å². The molecule has 2 aromatic carbocycles. The lowest BCUT2D eigenvalue weighted by Crippen LogP contribution is -2.26. The van der Waals surface area contributed by atoms with Gasteiger partial charge in [0, 0.05) is 6.61 Å². The van der Waals surface area contributed by atoms with Gasteiger partial charge >= 0.3 is 0 Å². The second-order valence-electron chi connectivity index (χ2n) is 4.83. The molecule has 2 atom stereocenters. The van der Waals surface area contributed by atoms with Gasteiger partial charge in [-0.2, -0.15) is 0 Å². The number of nitrogens with one attached hydrogen (secondary N) is 1. The minimum atomic E-state index is -0.0340. The molecule has 0 fully saturated rings. The third-order valence-corrected chi connectivity index (χ3v) is 3.54. The number of benzene rings is 2. The Labute approximate surface area is 126 Å². The summed E-state index contributed by atoms with van der Waals surface area (Å²) in [6.07, 6.45) is -0.0340. The molecule has 0 saturated carbocycles. The van der Waals surface area contributed by atoms with Crippen LogP contribution in [0.4, 0.5) is 0 Å². The molecule has 2 rings (SSSR count). The van der Waals surface area contributed by atoms with E-state index in [0.717, 1.165) is 11.3 Å². The summed E-state index contributed by atoms with van der Waals surface area (Å²) in [5.74, 6) is 0.857. The molecular formula is C18H23NO2. The van der Waals surface area contributed by atoms with Gasteiger partial charge in [-0.1, -0.05) is 42.5 Å². The number of methoxy groups -OCH3 is 1. The smallest absolute Gasteiger partial charge is 0.119 e. The van der Waals surface area contributed by atoms with Gasteiger partial charge in [-0.3, -0.25) is 0 Å². The highest BCUT2D eigenvalue weighted by molar-refractivity contribution is 5.33. The molecule has 112 valence electrons. The minimum absolute atomic E-state index is 0.0340. The van der Waals surface area contributed by atoms with E-state index >= 15 is 0 Å². The molecule has 3 nitrogen and oxygen atoms in total. The van der Waals surface area contributed by atoms with Crippen LogP contribution in [0.2, 0.25) is 0 Å². The van der Waals surface area contributed by atoms with Crippen molar-refractivity contribution in [3.05, 3.63) is 65.7 Å². The number of likely N-dealkylation sites (N-methyl/N-ethyl adjacent to an activating group) is 1. The van der Waals surface area contributed by atoms with Crippen molar-refractivity contribution in [2.75, 3.05) is 20.8 Å². The molecule has 1 N–H and O–H groups in total. The molecule has 0 saturated heterocycles. The molecule has 2 aromatic rings. The second kappa shape index (κ2) is 7.81. The highest BCUT2D eigenvalue weighted by Crippen LogP contribution is 2.33. The van der Waals surface area contributed by atoms with Gasteiger partial charge in [0.2, 0.25) is 0 Å². The van der Waals surface area contributed by atoms with Gasteiger partial charge in [-0.05, 0) is 37.2 Å². The zero-order valence-corrected chi connectivity index (χ0v) is 12.9. The first-order valence-corrected chi connectivity index (χ1v) is 7.28. The van der Waals surface area contributed by atoms with Crippen molar-refractivity contribution in [1.29, 1.82) is 0 Å². The predicted molar refractivity (Wildman–Crippen MR) is 85.6 cm³/mol. The van der Waals surface area contributed by atoms with Gasteiger partial charge < -0.3 is 14.8 Å². The Morgan fingerprint density at radius 2 is 1.71 bits per heavy atom. The van der Waals surface area contributed by atoms with Crippen molar-refractivity contribution in [1.82, 2.24) is 5.32 Å². The number of hydrogen-bond donors (Lipinski definition) is 1. The molecule has 2 unspecified atom stereocenters. The van der Waals surface area contributed by atoms with Crippen molar-refractivity contribution in [2.24, 2.45) is 0 Å². The van der Waals surface area contributed by atoms with Crippen molar-refractivity contribution in [3.63, 3.8) is 0 Å². The summed E-state index contributed by atoms with van der Waals surface area (Å²) in [5, 5.41) is 3.37. The van der Waals surface area contributed by atoms with E-state index in [1.807, 2.05) is 44.3 Å². The van der Waals surface area contributed by atoms with Crippen LogP contribution in [0.1, 0.15) is 30.2 Å². The second-order valence-corrected chi connectivity index (χ2v) is 4.83. The Balaban J connectivity index is 2.35. The number of hydrogen-bond acceptors (Lipinski definition) is 3. The molecule has 0 aromatic heterocycles. The number of rotatable bonds is 7. The van der Waals surface area contributed by atoms with Crippen LogP contribution in [-0.4, -0.2) is 20.8 Å². The van der Waals surface area contributed by atoms with Crippen molar-refractivity contribution < 1.29 is 9.47 Å². The van der Waals surface area contributed by atoms with Crippen LogP contribution >= 0.6 is 0 Å². The summed E-state index contributed by atoms with van der Waals surface area (Å²) < 4.78 is 11.3. The fourth-order valence-electron chi connectivity index (χ4n) is 2.53.